The Labute approximate surface area is 97.2 Å². The molecule has 0 fully saturated rings. The number of nitrogens with two attached hydrogens (primary N) is 1. The molecule has 0 aromatic heterocycles. The number of rotatable bonds is 5. The van der Waals surface area contributed by atoms with Crippen LogP contribution in [0.4, 0.5) is 5.69 Å². The molecule has 0 aliphatic rings. The number of hydrogen-bond acceptors (Lipinski definition) is 2. The number of benzene rings is 1. The normalized spacial score (nSPS) is 10.2. The monoisotopic (exact) mass is 220 g/mol. The lowest BCUT2D eigenvalue weighted by Gasteiger charge is -2.16. The molecule has 0 unspecified atom stereocenters. The van der Waals surface area contributed by atoms with Gasteiger partial charge in [0.25, 0.3) is 0 Å². The van der Waals surface area contributed by atoms with Gasteiger partial charge in [0.15, 0.2) is 0 Å². The number of nitrogens with zero attached hydrogens (tertiary/aromatic N) is 1. The van der Waals surface area contributed by atoms with Gasteiger partial charge in [0.2, 0.25) is 5.91 Å². The molecule has 16 heavy (non-hydrogen) atoms. The van der Waals surface area contributed by atoms with Gasteiger partial charge in [-0.05, 0) is 37.1 Å². The molecule has 0 aliphatic heterocycles. The molecule has 1 amide bonds. The van der Waals surface area contributed by atoms with E-state index in [1.165, 1.54) is 5.56 Å². The lowest BCUT2D eigenvalue weighted by atomic mass is 10.1. The van der Waals surface area contributed by atoms with Gasteiger partial charge in [0.05, 0.1) is 0 Å². The van der Waals surface area contributed by atoms with Crippen LogP contribution in [0.1, 0.15) is 25.3 Å². The quantitative estimate of drug-likeness (QED) is 0.824. The third-order valence-corrected chi connectivity index (χ3v) is 2.67. The fraction of sp³-hybridized carbons (Fsp3) is 0.462. The SMILES string of the molecule is CCC(=O)N(C)c1ccc(CCCN)cc1. The second-order valence-corrected chi connectivity index (χ2v) is 3.86. The van der Waals surface area contributed by atoms with Crippen molar-refractivity contribution in [2.24, 2.45) is 5.73 Å². The van der Waals surface area contributed by atoms with Gasteiger partial charge in [0, 0.05) is 19.2 Å². The zero-order valence-corrected chi connectivity index (χ0v) is 10.1. The Morgan fingerprint density at radius 2 is 1.94 bits per heavy atom. The summed E-state index contributed by atoms with van der Waals surface area (Å²) in [4.78, 5) is 13.2. The molecule has 0 aliphatic carbocycles. The maximum Gasteiger partial charge on any atom is 0.226 e. The zero-order chi connectivity index (χ0) is 12.0. The van der Waals surface area contributed by atoms with Crippen molar-refractivity contribution in [1.29, 1.82) is 0 Å². The topological polar surface area (TPSA) is 46.3 Å². The fourth-order valence-electron chi connectivity index (χ4n) is 1.57. The van der Waals surface area contributed by atoms with Crippen LogP contribution in [-0.2, 0) is 11.2 Å². The summed E-state index contributed by atoms with van der Waals surface area (Å²) in [6, 6.07) is 8.09. The number of amides is 1. The highest BCUT2D eigenvalue weighted by Gasteiger charge is 2.07. The van der Waals surface area contributed by atoms with Crippen molar-refractivity contribution in [1.82, 2.24) is 0 Å². The number of anilines is 1. The van der Waals surface area contributed by atoms with Crippen LogP contribution >= 0.6 is 0 Å². The van der Waals surface area contributed by atoms with Gasteiger partial charge >= 0.3 is 0 Å². The summed E-state index contributed by atoms with van der Waals surface area (Å²) in [5, 5.41) is 0. The lowest BCUT2D eigenvalue weighted by molar-refractivity contribution is -0.118. The van der Waals surface area contributed by atoms with Crippen LogP contribution in [0.25, 0.3) is 0 Å². The first-order chi connectivity index (χ1) is 7.69. The van der Waals surface area contributed by atoms with Crippen molar-refractivity contribution in [3.8, 4) is 0 Å². The third-order valence-electron chi connectivity index (χ3n) is 2.67. The van der Waals surface area contributed by atoms with Crippen molar-refractivity contribution >= 4 is 11.6 Å². The van der Waals surface area contributed by atoms with Crippen molar-refractivity contribution in [2.75, 3.05) is 18.5 Å². The van der Waals surface area contributed by atoms with Gasteiger partial charge in [-0.3, -0.25) is 4.79 Å². The second-order valence-electron chi connectivity index (χ2n) is 3.86. The molecule has 88 valence electrons. The third kappa shape index (κ3) is 3.35. The molecule has 0 spiro atoms. The van der Waals surface area contributed by atoms with Crippen LogP contribution in [0, 0.1) is 0 Å². The summed E-state index contributed by atoms with van der Waals surface area (Å²) in [6.45, 7) is 2.59. The van der Waals surface area contributed by atoms with Gasteiger partial charge in [0.1, 0.15) is 0 Å². The molecule has 0 saturated carbocycles. The summed E-state index contributed by atoms with van der Waals surface area (Å²) in [6.07, 6.45) is 2.54. The average Bonchev–Trinajstić information content (AvgIpc) is 2.35. The van der Waals surface area contributed by atoms with Crippen LogP contribution in [0.5, 0.6) is 0 Å². The Hall–Kier alpha value is -1.35. The van der Waals surface area contributed by atoms with Crippen molar-refractivity contribution < 1.29 is 4.79 Å². The molecule has 3 nitrogen and oxygen atoms in total. The van der Waals surface area contributed by atoms with E-state index < -0.39 is 0 Å². The minimum atomic E-state index is 0.134. The Bertz CT molecular complexity index is 332. The molecular formula is C13H20N2O. The van der Waals surface area contributed by atoms with E-state index in [0.29, 0.717) is 6.42 Å². The maximum atomic E-state index is 11.5. The second kappa shape index (κ2) is 6.28. The van der Waals surface area contributed by atoms with Gasteiger partial charge < -0.3 is 10.6 Å². The van der Waals surface area contributed by atoms with Crippen molar-refractivity contribution in [3.05, 3.63) is 29.8 Å². The highest BCUT2D eigenvalue weighted by atomic mass is 16.2. The summed E-state index contributed by atoms with van der Waals surface area (Å²) < 4.78 is 0. The Balaban J connectivity index is 2.67. The molecule has 3 heteroatoms. The summed E-state index contributed by atoms with van der Waals surface area (Å²) >= 11 is 0. The number of aryl methyl sites for hydroxylation is 1. The van der Waals surface area contributed by atoms with Gasteiger partial charge in [-0.15, -0.1) is 0 Å². The Morgan fingerprint density at radius 3 is 2.44 bits per heavy atom. The standard InChI is InChI=1S/C13H20N2O/c1-3-13(16)15(2)12-8-6-11(7-9-12)5-4-10-14/h6-9H,3-5,10,14H2,1-2H3. The maximum absolute atomic E-state index is 11.5. The van der Waals surface area contributed by atoms with E-state index >= 15 is 0 Å². The number of carbonyl (C=O) groups is 1. The zero-order valence-electron chi connectivity index (χ0n) is 10.1. The highest BCUT2D eigenvalue weighted by molar-refractivity contribution is 5.92. The van der Waals surface area contributed by atoms with Crippen LogP contribution < -0.4 is 10.6 Å². The molecule has 1 rings (SSSR count). The predicted octanol–water partition coefficient (Wildman–Crippen LogP) is 1.95. The lowest BCUT2D eigenvalue weighted by Crippen LogP contribution is -2.24. The van der Waals surface area contributed by atoms with Crippen LogP contribution in [-0.4, -0.2) is 19.5 Å². The molecular weight excluding hydrogens is 200 g/mol. The minimum Gasteiger partial charge on any atom is -0.330 e. The summed E-state index contributed by atoms with van der Waals surface area (Å²) in [5.41, 5.74) is 7.68. The molecule has 1 aromatic rings. The first kappa shape index (κ1) is 12.7. The van der Waals surface area contributed by atoms with Crippen LogP contribution in [0.15, 0.2) is 24.3 Å². The molecule has 0 bridgehead atoms. The largest absolute Gasteiger partial charge is 0.330 e. The average molecular weight is 220 g/mol. The number of hydrogen-bond donors (Lipinski definition) is 1. The summed E-state index contributed by atoms with van der Waals surface area (Å²) in [5.74, 6) is 0.134. The molecule has 0 radical (unpaired) electrons. The predicted molar refractivity (Wildman–Crippen MR) is 67.5 cm³/mol. The van der Waals surface area contributed by atoms with Gasteiger partial charge in [-0.2, -0.15) is 0 Å². The van der Waals surface area contributed by atoms with Crippen molar-refractivity contribution in [2.45, 2.75) is 26.2 Å². The molecule has 0 atom stereocenters. The van der Waals surface area contributed by atoms with Crippen molar-refractivity contribution in [3.63, 3.8) is 0 Å². The van der Waals surface area contributed by atoms with E-state index in [9.17, 15) is 4.79 Å². The van der Waals surface area contributed by atoms with E-state index in [4.69, 9.17) is 5.73 Å². The fourth-order valence-corrected chi connectivity index (χ4v) is 1.57. The first-order valence-corrected chi connectivity index (χ1v) is 5.74. The smallest absolute Gasteiger partial charge is 0.226 e. The number of carbonyl (C=O) groups excluding carboxylic acids is 1. The summed E-state index contributed by atoms with van der Waals surface area (Å²) in [7, 11) is 1.81. The van der Waals surface area contributed by atoms with Crippen LogP contribution in [0.3, 0.4) is 0 Å². The van der Waals surface area contributed by atoms with E-state index in [2.05, 4.69) is 12.1 Å². The van der Waals surface area contributed by atoms with E-state index in [-0.39, 0.29) is 5.91 Å². The minimum absolute atomic E-state index is 0.134. The van der Waals surface area contributed by atoms with Crippen LogP contribution in [0.2, 0.25) is 0 Å². The molecule has 2 N–H and O–H groups in total. The Morgan fingerprint density at radius 1 is 1.31 bits per heavy atom. The molecule has 0 saturated heterocycles. The van der Waals surface area contributed by atoms with E-state index in [1.54, 1.807) is 11.9 Å². The highest BCUT2D eigenvalue weighted by Crippen LogP contribution is 2.15. The van der Waals surface area contributed by atoms with Gasteiger partial charge in [-0.25, -0.2) is 0 Å². The van der Waals surface area contributed by atoms with E-state index in [0.717, 1.165) is 25.1 Å². The Kier molecular flexibility index (Phi) is 4.99. The molecule has 1 aromatic carbocycles. The molecule has 0 heterocycles. The van der Waals surface area contributed by atoms with E-state index in [1.807, 2.05) is 19.1 Å². The van der Waals surface area contributed by atoms with Gasteiger partial charge in [-0.1, -0.05) is 19.1 Å². The first-order valence-electron chi connectivity index (χ1n) is 5.74.